The van der Waals surface area contributed by atoms with E-state index in [4.69, 9.17) is 0 Å². The number of hydrogen-bond acceptors (Lipinski definition) is 2. The van der Waals surface area contributed by atoms with Crippen LogP contribution in [0, 0.1) is 11.6 Å². The Kier molecular flexibility index (Phi) is 2.74. The topological polar surface area (TPSA) is 30.2 Å². The van der Waals surface area contributed by atoms with Crippen molar-refractivity contribution in [1.82, 2.24) is 14.6 Å². The number of aromatic nitrogens is 3. The van der Waals surface area contributed by atoms with Crippen LogP contribution >= 0.6 is 0 Å². The van der Waals surface area contributed by atoms with Crippen LogP contribution in [0.1, 0.15) is 12.5 Å². The van der Waals surface area contributed by atoms with Gasteiger partial charge >= 0.3 is 0 Å². The third-order valence-corrected chi connectivity index (χ3v) is 3.05. The minimum atomic E-state index is -0.874. The lowest BCUT2D eigenvalue weighted by Crippen LogP contribution is -1.92. The summed E-state index contributed by atoms with van der Waals surface area (Å²) in [4.78, 5) is 4.23. The molecule has 0 aliphatic heterocycles. The van der Waals surface area contributed by atoms with Gasteiger partial charge in [0.1, 0.15) is 5.69 Å². The molecule has 3 aromatic rings. The molecule has 0 radical (unpaired) electrons. The van der Waals surface area contributed by atoms with E-state index in [0.717, 1.165) is 11.6 Å². The second kappa shape index (κ2) is 4.42. The van der Waals surface area contributed by atoms with E-state index in [1.807, 2.05) is 6.92 Å². The zero-order valence-corrected chi connectivity index (χ0v) is 10.3. The van der Waals surface area contributed by atoms with E-state index in [1.54, 1.807) is 23.0 Å². The first-order valence-corrected chi connectivity index (χ1v) is 5.99. The summed E-state index contributed by atoms with van der Waals surface area (Å²) in [6.07, 6.45) is 4.04. The van der Waals surface area contributed by atoms with E-state index in [0.29, 0.717) is 17.8 Å². The summed E-state index contributed by atoms with van der Waals surface area (Å²) in [5.74, 6) is -1.75. The van der Waals surface area contributed by atoms with Gasteiger partial charge in [-0.3, -0.25) is 0 Å². The molecule has 0 aliphatic carbocycles. The Morgan fingerprint density at radius 1 is 1.21 bits per heavy atom. The highest BCUT2D eigenvalue weighted by molar-refractivity contribution is 5.71. The summed E-state index contributed by atoms with van der Waals surface area (Å²) < 4.78 is 28.8. The third kappa shape index (κ3) is 1.78. The van der Waals surface area contributed by atoms with Crippen LogP contribution in [-0.4, -0.2) is 14.6 Å². The predicted octanol–water partition coefficient (Wildman–Crippen LogP) is 3.24. The van der Waals surface area contributed by atoms with Crippen molar-refractivity contribution in [1.29, 1.82) is 0 Å². The monoisotopic (exact) mass is 259 g/mol. The van der Waals surface area contributed by atoms with Crippen LogP contribution < -0.4 is 0 Å². The van der Waals surface area contributed by atoms with Crippen molar-refractivity contribution in [2.24, 2.45) is 0 Å². The van der Waals surface area contributed by atoms with Crippen LogP contribution in [0.5, 0.6) is 0 Å². The Hall–Kier alpha value is -2.30. The van der Waals surface area contributed by atoms with E-state index < -0.39 is 11.6 Å². The molecular weight excluding hydrogens is 248 g/mol. The maximum Gasteiger partial charge on any atom is 0.168 e. The van der Waals surface area contributed by atoms with Crippen molar-refractivity contribution in [2.45, 2.75) is 13.3 Å². The van der Waals surface area contributed by atoms with E-state index in [-0.39, 0.29) is 5.56 Å². The number of hydrogen-bond donors (Lipinski definition) is 0. The highest BCUT2D eigenvalue weighted by Gasteiger charge is 2.18. The number of fused-ring (bicyclic) bond motifs is 1. The maximum atomic E-state index is 13.9. The molecule has 0 N–H and O–H groups in total. The molecule has 0 spiro atoms. The predicted molar refractivity (Wildman–Crippen MR) is 67.7 cm³/mol. The average Bonchev–Trinajstić information content (AvgIpc) is 2.80. The lowest BCUT2D eigenvalue weighted by Gasteiger charge is -2.02. The Morgan fingerprint density at radius 3 is 2.84 bits per heavy atom. The molecule has 0 unspecified atom stereocenters. The molecule has 0 amide bonds. The largest absolute Gasteiger partial charge is 0.237 e. The van der Waals surface area contributed by atoms with Gasteiger partial charge in [-0.15, -0.1) is 0 Å². The summed E-state index contributed by atoms with van der Waals surface area (Å²) in [5.41, 5.74) is 2.09. The highest BCUT2D eigenvalue weighted by Crippen LogP contribution is 2.28. The molecule has 96 valence electrons. The minimum Gasteiger partial charge on any atom is -0.237 e. The lowest BCUT2D eigenvalue weighted by atomic mass is 10.1. The summed E-state index contributed by atoms with van der Waals surface area (Å²) >= 11 is 0. The SMILES string of the molecule is CCc1c(-c2cccc(F)c2F)nn2cccnc12. The fraction of sp³-hybridized carbons (Fsp3) is 0.143. The highest BCUT2D eigenvalue weighted by atomic mass is 19.2. The molecule has 0 bridgehead atoms. The van der Waals surface area contributed by atoms with Crippen LogP contribution in [0.2, 0.25) is 0 Å². The standard InChI is InChI=1S/C14H11F2N3/c1-2-9-13(10-5-3-6-11(15)12(10)16)18-19-8-4-7-17-14(9)19/h3-8H,2H2,1H3. The Balaban J connectivity index is 2.33. The van der Waals surface area contributed by atoms with Gasteiger partial charge in [-0.1, -0.05) is 13.0 Å². The Morgan fingerprint density at radius 2 is 2.05 bits per heavy atom. The van der Waals surface area contributed by atoms with Gasteiger partial charge in [0.05, 0.1) is 0 Å². The van der Waals surface area contributed by atoms with Crippen LogP contribution in [0.4, 0.5) is 8.78 Å². The van der Waals surface area contributed by atoms with E-state index in [1.165, 1.54) is 12.1 Å². The lowest BCUT2D eigenvalue weighted by molar-refractivity contribution is 0.511. The molecule has 5 heteroatoms. The third-order valence-electron chi connectivity index (χ3n) is 3.05. The summed E-state index contributed by atoms with van der Waals surface area (Å²) in [5, 5.41) is 4.30. The molecule has 3 rings (SSSR count). The number of nitrogens with zero attached hydrogens (tertiary/aromatic N) is 3. The zero-order valence-electron chi connectivity index (χ0n) is 10.3. The van der Waals surface area contributed by atoms with Gasteiger partial charge < -0.3 is 0 Å². The maximum absolute atomic E-state index is 13.9. The molecular formula is C14H11F2N3. The zero-order chi connectivity index (χ0) is 13.4. The van der Waals surface area contributed by atoms with E-state index >= 15 is 0 Å². The van der Waals surface area contributed by atoms with Gasteiger partial charge in [-0.25, -0.2) is 18.3 Å². The van der Waals surface area contributed by atoms with Crippen LogP contribution in [0.25, 0.3) is 16.9 Å². The summed E-state index contributed by atoms with van der Waals surface area (Å²) in [7, 11) is 0. The smallest absolute Gasteiger partial charge is 0.168 e. The van der Waals surface area contributed by atoms with Crippen molar-refractivity contribution >= 4 is 5.65 Å². The molecule has 19 heavy (non-hydrogen) atoms. The molecule has 3 nitrogen and oxygen atoms in total. The van der Waals surface area contributed by atoms with E-state index in [2.05, 4.69) is 10.1 Å². The van der Waals surface area contributed by atoms with Crippen LogP contribution in [0.3, 0.4) is 0 Å². The molecule has 0 aliphatic rings. The van der Waals surface area contributed by atoms with Gasteiger partial charge in [-0.2, -0.15) is 5.10 Å². The first-order valence-electron chi connectivity index (χ1n) is 5.99. The van der Waals surface area contributed by atoms with Crippen molar-refractivity contribution in [3.63, 3.8) is 0 Å². The molecule has 0 fully saturated rings. The van der Waals surface area contributed by atoms with E-state index in [9.17, 15) is 8.78 Å². The number of halogens is 2. The fourth-order valence-electron chi connectivity index (χ4n) is 2.16. The summed E-state index contributed by atoms with van der Waals surface area (Å²) in [6.45, 7) is 1.94. The minimum absolute atomic E-state index is 0.169. The number of rotatable bonds is 2. The Bertz CT molecular complexity index is 750. The van der Waals surface area contributed by atoms with Crippen LogP contribution in [0.15, 0.2) is 36.7 Å². The molecule has 2 heterocycles. The molecule has 1 aromatic carbocycles. The quantitative estimate of drug-likeness (QED) is 0.707. The first kappa shape index (κ1) is 11.8. The van der Waals surface area contributed by atoms with Crippen molar-refractivity contribution in [3.8, 4) is 11.3 Å². The second-order valence-corrected chi connectivity index (χ2v) is 4.17. The molecule has 0 atom stereocenters. The first-order chi connectivity index (χ1) is 9.22. The van der Waals surface area contributed by atoms with Gasteiger partial charge in [-0.05, 0) is 24.6 Å². The molecule has 0 saturated carbocycles. The Labute approximate surface area is 108 Å². The van der Waals surface area contributed by atoms with Gasteiger partial charge in [0.2, 0.25) is 0 Å². The number of aryl methyl sites for hydroxylation is 1. The van der Waals surface area contributed by atoms with Crippen LogP contribution in [-0.2, 0) is 6.42 Å². The molecule has 2 aromatic heterocycles. The van der Waals surface area contributed by atoms with Crippen molar-refractivity contribution in [3.05, 3.63) is 53.9 Å². The second-order valence-electron chi connectivity index (χ2n) is 4.17. The average molecular weight is 259 g/mol. The summed E-state index contributed by atoms with van der Waals surface area (Å²) in [6, 6.07) is 5.84. The van der Waals surface area contributed by atoms with Gasteiger partial charge in [0, 0.05) is 23.5 Å². The normalized spacial score (nSPS) is 11.1. The van der Waals surface area contributed by atoms with Crippen molar-refractivity contribution < 1.29 is 8.78 Å². The van der Waals surface area contributed by atoms with Gasteiger partial charge in [0.25, 0.3) is 0 Å². The van der Waals surface area contributed by atoms with Crippen molar-refractivity contribution in [2.75, 3.05) is 0 Å². The fourth-order valence-corrected chi connectivity index (χ4v) is 2.16. The van der Waals surface area contributed by atoms with Gasteiger partial charge in [0.15, 0.2) is 17.3 Å². The number of benzene rings is 1. The molecule has 0 saturated heterocycles.